The van der Waals surface area contributed by atoms with Gasteiger partial charge in [-0.1, -0.05) is 30.0 Å². The van der Waals surface area contributed by atoms with Gasteiger partial charge in [-0.05, 0) is 36.1 Å². The molecule has 3 heterocycles. The van der Waals surface area contributed by atoms with E-state index in [1.54, 1.807) is 16.2 Å². The van der Waals surface area contributed by atoms with E-state index in [2.05, 4.69) is 44.8 Å². The van der Waals surface area contributed by atoms with Crippen LogP contribution in [-0.4, -0.2) is 64.7 Å². The third-order valence-electron chi connectivity index (χ3n) is 4.89. The van der Waals surface area contributed by atoms with Crippen molar-refractivity contribution in [2.75, 3.05) is 44.0 Å². The summed E-state index contributed by atoms with van der Waals surface area (Å²) in [6.07, 6.45) is 0. The molecule has 2 aromatic heterocycles. The zero-order chi connectivity index (χ0) is 20.9. The molecule has 0 bridgehead atoms. The minimum atomic E-state index is 0.0696. The quantitative estimate of drug-likeness (QED) is 0.523. The van der Waals surface area contributed by atoms with Gasteiger partial charge in [0.15, 0.2) is 5.16 Å². The second-order valence-corrected chi connectivity index (χ2v) is 9.15. The monoisotopic (exact) mass is 443 g/mol. The maximum atomic E-state index is 12.7. The Morgan fingerprint density at radius 2 is 2.07 bits per heavy atom. The highest BCUT2D eigenvalue weighted by molar-refractivity contribution is 7.99. The van der Waals surface area contributed by atoms with Gasteiger partial charge in [0.1, 0.15) is 0 Å². The first-order chi connectivity index (χ1) is 14.6. The second kappa shape index (κ2) is 9.63. The summed E-state index contributed by atoms with van der Waals surface area (Å²) in [5.74, 6) is 1.18. The Balaban J connectivity index is 1.53. The van der Waals surface area contributed by atoms with Crippen LogP contribution >= 0.6 is 23.1 Å². The zero-order valence-corrected chi connectivity index (χ0v) is 18.8. The summed E-state index contributed by atoms with van der Waals surface area (Å²) in [5.41, 5.74) is 2.17. The van der Waals surface area contributed by atoms with Gasteiger partial charge in [0.25, 0.3) is 0 Å². The maximum Gasteiger partial charge on any atom is 0.233 e. The average molecular weight is 444 g/mol. The van der Waals surface area contributed by atoms with Crippen LogP contribution in [0.15, 0.2) is 46.9 Å². The molecule has 3 aromatic rings. The summed E-state index contributed by atoms with van der Waals surface area (Å²) in [6, 6.07) is 12.3. The molecule has 158 valence electrons. The first-order valence-corrected chi connectivity index (χ1v) is 11.7. The van der Waals surface area contributed by atoms with E-state index >= 15 is 0 Å². The third-order valence-corrected chi connectivity index (χ3v) is 6.67. The summed E-state index contributed by atoms with van der Waals surface area (Å²) in [7, 11) is 1.84. The zero-order valence-electron chi connectivity index (χ0n) is 17.2. The number of aryl methyl sites for hydroxylation is 1. The number of hydrogen-bond acceptors (Lipinski definition) is 7. The van der Waals surface area contributed by atoms with Gasteiger partial charge in [0.2, 0.25) is 11.9 Å². The summed E-state index contributed by atoms with van der Waals surface area (Å²) in [5, 5.41) is 11.6. The Morgan fingerprint density at radius 3 is 2.80 bits per heavy atom. The van der Waals surface area contributed by atoms with Gasteiger partial charge < -0.3 is 14.5 Å². The van der Waals surface area contributed by atoms with Gasteiger partial charge in [0, 0.05) is 25.0 Å². The predicted molar refractivity (Wildman–Crippen MR) is 121 cm³/mol. The number of morpholine rings is 1. The van der Waals surface area contributed by atoms with Crippen LogP contribution in [0.2, 0.25) is 0 Å². The van der Waals surface area contributed by atoms with Gasteiger partial charge in [-0.3, -0.25) is 9.36 Å². The fraction of sp³-hybridized carbons (Fsp3) is 0.381. The lowest BCUT2D eigenvalue weighted by atomic mass is 10.2. The largest absolute Gasteiger partial charge is 0.378 e. The molecule has 0 unspecified atom stereocenters. The van der Waals surface area contributed by atoms with Crippen LogP contribution in [0.5, 0.6) is 0 Å². The molecule has 7 nitrogen and oxygen atoms in total. The van der Waals surface area contributed by atoms with Crippen LogP contribution in [0, 0.1) is 6.92 Å². The highest BCUT2D eigenvalue weighted by atomic mass is 32.2. The molecule has 1 fully saturated rings. The molecule has 30 heavy (non-hydrogen) atoms. The number of carbonyl (C=O) groups is 1. The van der Waals surface area contributed by atoms with Gasteiger partial charge in [-0.2, -0.15) is 0 Å². The van der Waals surface area contributed by atoms with Crippen molar-refractivity contribution < 1.29 is 9.53 Å². The number of nitrogens with zero attached hydrogens (tertiary/aromatic N) is 5. The van der Waals surface area contributed by atoms with Crippen LogP contribution < -0.4 is 4.90 Å². The number of thiophene rings is 1. The van der Waals surface area contributed by atoms with E-state index in [9.17, 15) is 4.79 Å². The average Bonchev–Trinajstić information content (AvgIpc) is 3.42. The number of anilines is 1. The van der Waals surface area contributed by atoms with Crippen molar-refractivity contribution in [2.45, 2.75) is 18.6 Å². The molecule has 0 atom stereocenters. The molecule has 1 saturated heterocycles. The summed E-state index contributed by atoms with van der Waals surface area (Å²) in [6.45, 7) is 5.59. The molecule has 0 aliphatic carbocycles. The Morgan fingerprint density at radius 1 is 1.23 bits per heavy atom. The molecule has 0 spiro atoms. The molecular weight excluding hydrogens is 418 g/mol. The Hall–Kier alpha value is -2.36. The van der Waals surface area contributed by atoms with Gasteiger partial charge in [-0.25, -0.2) is 0 Å². The number of carbonyl (C=O) groups excluding carboxylic acids is 1. The SMILES string of the molecule is Cc1cccc(-n2c(SCC(=O)N(C)Cc3cccs3)nnc2N2CCOCC2)c1. The molecule has 0 radical (unpaired) electrons. The topological polar surface area (TPSA) is 63.5 Å². The number of benzene rings is 1. The highest BCUT2D eigenvalue weighted by Gasteiger charge is 2.23. The fourth-order valence-electron chi connectivity index (χ4n) is 3.28. The molecule has 1 amide bonds. The van der Waals surface area contributed by atoms with E-state index in [4.69, 9.17) is 4.74 Å². The third kappa shape index (κ3) is 4.85. The van der Waals surface area contributed by atoms with E-state index < -0.39 is 0 Å². The van der Waals surface area contributed by atoms with Gasteiger partial charge >= 0.3 is 0 Å². The van der Waals surface area contributed by atoms with Crippen LogP contribution in [-0.2, 0) is 16.1 Å². The first kappa shape index (κ1) is 20.9. The van der Waals surface area contributed by atoms with Crippen molar-refractivity contribution in [3.63, 3.8) is 0 Å². The summed E-state index contributed by atoms with van der Waals surface area (Å²) in [4.78, 5) is 17.8. The van der Waals surface area contributed by atoms with E-state index in [0.29, 0.717) is 25.5 Å². The number of amides is 1. The minimum Gasteiger partial charge on any atom is -0.378 e. The van der Waals surface area contributed by atoms with E-state index in [1.165, 1.54) is 16.6 Å². The predicted octanol–water partition coefficient (Wildman–Crippen LogP) is 3.22. The normalized spacial score (nSPS) is 14.1. The van der Waals surface area contributed by atoms with Crippen LogP contribution in [0.4, 0.5) is 5.95 Å². The lowest BCUT2D eigenvalue weighted by Gasteiger charge is -2.28. The summed E-state index contributed by atoms with van der Waals surface area (Å²) < 4.78 is 7.54. The van der Waals surface area contributed by atoms with Crippen molar-refractivity contribution in [1.82, 2.24) is 19.7 Å². The van der Waals surface area contributed by atoms with E-state index in [1.807, 2.05) is 30.6 Å². The van der Waals surface area contributed by atoms with Crippen molar-refractivity contribution >= 4 is 35.0 Å². The molecule has 1 aromatic carbocycles. The lowest BCUT2D eigenvalue weighted by molar-refractivity contribution is -0.127. The molecular formula is C21H25N5O2S2. The molecule has 0 saturated carbocycles. The molecule has 1 aliphatic heterocycles. The molecule has 4 rings (SSSR count). The summed E-state index contributed by atoms with van der Waals surface area (Å²) >= 11 is 3.09. The van der Waals surface area contributed by atoms with Crippen molar-refractivity contribution in [3.8, 4) is 5.69 Å². The smallest absolute Gasteiger partial charge is 0.233 e. The molecule has 9 heteroatoms. The number of rotatable bonds is 7. The van der Waals surface area contributed by atoms with Crippen LogP contribution in [0.25, 0.3) is 5.69 Å². The number of hydrogen-bond donors (Lipinski definition) is 0. The van der Waals surface area contributed by atoms with E-state index in [-0.39, 0.29) is 5.91 Å². The van der Waals surface area contributed by atoms with E-state index in [0.717, 1.165) is 35.4 Å². The van der Waals surface area contributed by atoms with Crippen molar-refractivity contribution in [1.29, 1.82) is 0 Å². The standard InChI is InChI=1S/C21H25N5O2S2/c1-16-5-3-6-17(13-16)26-20(25-8-10-28-11-9-25)22-23-21(26)30-15-19(27)24(2)14-18-7-4-12-29-18/h3-7,12-13H,8-11,14-15H2,1-2H3. The second-order valence-electron chi connectivity index (χ2n) is 7.17. The van der Waals surface area contributed by atoms with Crippen molar-refractivity contribution in [3.05, 3.63) is 52.2 Å². The van der Waals surface area contributed by atoms with Crippen LogP contribution in [0.1, 0.15) is 10.4 Å². The Kier molecular flexibility index (Phi) is 6.71. The maximum absolute atomic E-state index is 12.7. The lowest BCUT2D eigenvalue weighted by Crippen LogP contribution is -2.37. The Bertz CT molecular complexity index is 983. The highest BCUT2D eigenvalue weighted by Crippen LogP contribution is 2.28. The first-order valence-electron chi connectivity index (χ1n) is 9.86. The van der Waals surface area contributed by atoms with Gasteiger partial charge in [0.05, 0.1) is 31.2 Å². The van der Waals surface area contributed by atoms with Crippen LogP contribution in [0.3, 0.4) is 0 Å². The van der Waals surface area contributed by atoms with Gasteiger partial charge in [-0.15, -0.1) is 21.5 Å². The molecule has 0 N–H and O–H groups in total. The number of aromatic nitrogens is 3. The van der Waals surface area contributed by atoms with Crippen molar-refractivity contribution in [2.24, 2.45) is 0 Å². The fourth-order valence-corrected chi connectivity index (χ4v) is 4.92. The number of ether oxygens (including phenoxy) is 1. The Labute approximate surface area is 184 Å². The minimum absolute atomic E-state index is 0.0696. The number of thioether (sulfide) groups is 1. The molecule has 1 aliphatic rings.